The van der Waals surface area contributed by atoms with Gasteiger partial charge in [0.2, 0.25) is 5.91 Å². The van der Waals surface area contributed by atoms with Gasteiger partial charge in [0.25, 0.3) is 0 Å². The van der Waals surface area contributed by atoms with Crippen LogP contribution in [0.1, 0.15) is 30.4 Å². The summed E-state index contributed by atoms with van der Waals surface area (Å²) in [4.78, 5) is 32.5. The van der Waals surface area contributed by atoms with Crippen LogP contribution in [0.2, 0.25) is 0 Å². The quantitative estimate of drug-likeness (QED) is 0.676. The Bertz CT molecular complexity index is 1050. The van der Waals surface area contributed by atoms with Crippen LogP contribution in [0.4, 0.5) is 9.18 Å². The molecule has 2 aromatic rings. The average Bonchev–Trinajstić information content (AvgIpc) is 3.37. The number of carbonyl (C=O) groups excluding carboxylic acids is 2. The largest absolute Gasteiger partial charge is 0.439 e. The average molecular weight is 466 g/mol. The summed E-state index contributed by atoms with van der Waals surface area (Å²) in [7, 11) is 2.07. The maximum Gasteiger partial charge on any atom is 0.410 e. The number of amides is 2. The maximum atomic E-state index is 14.0. The molecule has 3 heterocycles. The zero-order chi connectivity index (χ0) is 23.8. The van der Waals surface area contributed by atoms with Crippen molar-refractivity contribution < 1.29 is 18.7 Å². The molecule has 0 aromatic heterocycles. The topological polar surface area (TPSA) is 53.1 Å². The Hall–Kier alpha value is -2.93. The monoisotopic (exact) mass is 465 g/mol. The van der Waals surface area contributed by atoms with Crippen molar-refractivity contribution in [1.82, 2.24) is 14.7 Å². The van der Waals surface area contributed by atoms with Gasteiger partial charge in [-0.05, 0) is 62.7 Å². The molecular formula is C27H32FN3O3. The SMILES string of the molecule is CN1CCC(Cc2cccc(F)c2)(C(=O)N2CC[C@@]3(CN(Cc4ccccc4)C(=O)O3)C2)CC1. The molecule has 0 unspecified atom stereocenters. The van der Waals surface area contributed by atoms with Gasteiger partial charge in [-0.1, -0.05) is 42.5 Å². The number of piperidine rings is 1. The lowest BCUT2D eigenvalue weighted by Crippen LogP contribution is -2.51. The van der Waals surface area contributed by atoms with E-state index < -0.39 is 11.0 Å². The summed E-state index contributed by atoms with van der Waals surface area (Å²) >= 11 is 0. The van der Waals surface area contributed by atoms with E-state index in [0.717, 1.165) is 37.1 Å². The molecule has 7 heteroatoms. The number of rotatable bonds is 5. The van der Waals surface area contributed by atoms with Gasteiger partial charge in [-0.3, -0.25) is 9.69 Å². The number of hydrogen-bond acceptors (Lipinski definition) is 4. The third-order valence-corrected chi connectivity index (χ3v) is 7.69. The van der Waals surface area contributed by atoms with Gasteiger partial charge in [-0.15, -0.1) is 0 Å². The summed E-state index contributed by atoms with van der Waals surface area (Å²) in [6.07, 6.45) is 2.34. The second-order valence-electron chi connectivity index (χ2n) is 10.3. The third-order valence-electron chi connectivity index (χ3n) is 7.69. The molecule has 0 aliphatic carbocycles. The predicted octanol–water partition coefficient (Wildman–Crippen LogP) is 3.70. The first-order chi connectivity index (χ1) is 16.4. The first kappa shape index (κ1) is 22.8. The maximum absolute atomic E-state index is 14.0. The van der Waals surface area contributed by atoms with Crippen LogP contribution in [-0.4, -0.2) is 72.1 Å². The fourth-order valence-corrected chi connectivity index (χ4v) is 5.73. The van der Waals surface area contributed by atoms with E-state index in [1.54, 1.807) is 17.0 Å². The van der Waals surface area contributed by atoms with Crippen molar-refractivity contribution in [3.05, 3.63) is 71.5 Å². The van der Waals surface area contributed by atoms with Crippen molar-refractivity contribution in [3.8, 4) is 0 Å². The van der Waals surface area contributed by atoms with Gasteiger partial charge in [0.1, 0.15) is 5.82 Å². The van der Waals surface area contributed by atoms with Gasteiger partial charge in [0.15, 0.2) is 5.60 Å². The van der Waals surface area contributed by atoms with E-state index in [0.29, 0.717) is 39.0 Å². The van der Waals surface area contributed by atoms with Gasteiger partial charge in [-0.25, -0.2) is 9.18 Å². The molecular weight excluding hydrogens is 433 g/mol. The Labute approximate surface area is 200 Å². The number of carbonyl (C=O) groups is 2. The van der Waals surface area contributed by atoms with Gasteiger partial charge in [0.05, 0.1) is 18.5 Å². The van der Waals surface area contributed by atoms with Crippen molar-refractivity contribution in [2.45, 2.75) is 37.8 Å². The van der Waals surface area contributed by atoms with Gasteiger partial charge in [0, 0.05) is 19.5 Å². The van der Waals surface area contributed by atoms with Gasteiger partial charge in [-0.2, -0.15) is 0 Å². The van der Waals surface area contributed by atoms with E-state index in [2.05, 4.69) is 11.9 Å². The summed E-state index contributed by atoms with van der Waals surface area (Å²) in [6, 6.07) is 16.5. The Balaban J connectivity index is 1.31. The van der Waals surface area contributed by atoms with E-state index in [1.807, 2.05) is 41.3 Å². The van der Waals surface area contributed by atoms with Crippen LogP contribution in [-0.2, 0) is 22.5 Å². The Kier molecular flexibility index (Phi) is 6.06. The highest BCUT2D eigenvalue weighted by atomic mass is 19.1. The zero-order valence-corrected chi connectivity index (χ0v) is 19.7. The first-order valence-electron chi connectivity index (χ1n) is 12.1. The minimum atomic E-state index is -0.646. The van der Waals surface area contributed by atoms with Crippen molar-refractivity contribution in [2.24, 2.45) is 5.41 Å². The van der Waals surface area contributed by atoms with Crippen molar-refractivity contribution in [2.75, 3.05) is 39.8 Å². The van der Waals surface area contributed by atoms with Crippen LogP contribution in [0.5, 0.6) is 0 Å². The first-order valence-corrected chi connectivity index (χ1v) is 12.1. The molecule has 1 atom stereocenters. The number of likely N-dealkylation sites (tertiary alicyclic amines) is 2. The minimum absolute atomic E-state index is 0.110. The Morgan fingerprint density at radius 1 is 0.971 bits per heavy atom. The number of benzene rings is 2. The summed E-state index contributed by atoms with van der Waals surface area (Å²) in [5.74, 6) is -0.163. The van der Waals surface area contributed by atoms with Crippen molar-refractivity contribution >= 4 is 12.0 Å². The number of nitrogens with zero attached hydrogens (tertiary/aromatic N) is 3. The lowest BCUT2D eigenvalue weighted by Gasteiger charge is -2.42. The van der Waals surface area contributed by atoms with Crippen LogP contribution in [0.3, 0.4) is 0 Å². The molecule has 3 aliphatic heterocycles. The van der Waals surface area contributed by atoms with E-state index in [4.69, 9.17) is 4.74 Å². The highest BCUT2D eigenvalue weighted by Crippen LogP contribution is 2.41. The molecule has 180 valence electrons. The molecule has 1 spiro atoms. The second kappa shape index (κ2) is 9.02. The molecule has 2 aromatic carbocycles. The Morgan fingerprint density at radius 2 is 1.71 bits per heavy atom. The van der Waals surface area contributed by atoms with E-state index in [9.17, 15) is 14.0 Å². The predicted molar refractivity (Wildman–Crippen MR) is 127 cm³/mol. The van der Waals surface area contributed by atoms with E-state index in [-0.39, 0.29) is 17.8 Å². The summed E-state index contributed by atoms with van der Waals surface area (Å²) < 4.78 is 19.8. The van der Waals surface area contributed by atoms with E-state index in [1.165, 1.54) is 6.07 Å². The number of hydrogen-bond donors (Lipinski definition) is 0. The lowest BCUT2D eigenvalue weighted by atomic mass is 9.72. The smallest absolute Gasteiger partial charge is 0.410 e. The molecule has 34 heavy (non-hydrogen) atoms. The van der Waals surface area contributed by atoms with Crippen LogP contribution in [0, 0.1) is 11.2 Å². The molecule has 0 N–H and O–H groups in total. The second-order valence-corrected chi connectivity index (χ2v) is 10.3. The van der Waals surface area contributed by atoms with Crippen molar-refractivity contribution in [3.63, 3.8) is 0 Å². The Morgan fingerprint density at radius 3 is 2.44 bits per heavy atom. The highest BCUT2D eigenvalue weighted by molar-refractivity contribution is 5.84. The molecule has 3 aliphatic rings. The van der Waals surface area contributed by atoms with Crippen molar-refractivity contribution in [1.29, 1.82) is 0 Å². The molecule has 3 fully saturated rings. The van der Waals surface area contributed by atoms with Crippen LogP contribution < -0.4 is 0 Å². The minimum Gasteiger partial charge on any atom is -0.439 e. The van der Waals surface area contributed by atoms with Crippen LogP contribution in [0.25, 0.3) is 0 Å². The molecule has 0 saturated carbocycles. The summed E-state index contributed by atoms with van der Waals surface area (Å²) in [6.45, 7) is 3.66. The summed E-state index contributed by atoms with van der Waals surface area (Å²) in [5.41, 5.74) is 0.710. The van der Waals surface area contributed by atoms with E-state index >= 15 is 0 Å². The normalized spacial score (nSPS) is 24.6. The zero-order valence-electron chi connectivity index (χ0n) is 19.7. The van der Waals surface area contributed by atoms with Gasteiger partial charge < -0.3 is 14.5 Å². The fourth-order valence-electron chi connectivity index (χ4n) is 5.73. The molecule has 6 nitrogen and oxygen atoms in total. The molecule has 2 amide bonds. The van der Waals surface area contributed by atoms with Gasteiger partial charge >= 0.3 is 6.09 Å². The standard InChI is InChI=1S/C27H32FN3O3/c1-29-13-10-26(11-14-29,17-22-8-5-9-23(28)16-22)24(32)30-15-12-27(19-30)20-31(25(33)34-27)18-21-6-3-2-4-7-21/h2-9,16H,10-15,17-20H2,1H3/t27-/m0/s1. The molecule has 5 rings (SSSR count). The molecule has 3 saturated heterocycles. The number of halogens is 1. The number of ether oxygens (including phenoxy) is 1. The molecule has 0 bridgehead atoms. The van der Waals surface area contributed by atoms with Crippen LogP contribution >= 0.6 is 0 Å². The highest BCUT2D eigenvalue weighted by Gasteiger charge is 2.53. The van der Waals surface area contributed by atoms with Crippen LogP contribution in [0.15, 0.2) is 54.6 Å². The fraction of sp³-hybridized carbons (Fsp3) is 0.481. The molecule has 0 radical (unpaired) electrons. The lowest BCUT2D eigenvalue weighted by molar-refractivity contribution is -0.144. The third kappa shape index (κ3) is 4.53. The summed E-state index contributed by atoms with van der Waals surface area (Å²) in [5, 5.41) is 0.